The van der Waals surface area contributed by atoms with Crippen molar-refractivity contribution in [1.82, 2.24) is 10.2 Å². The lowest BCUT2D eigenvalue weighted by atomic mass is 9.98. The van der Waals surface area contributed by atoms with Crippen LogP contribution in [-0.4, -0.2) is 51.2 Å². The molecule has 0 spiro atoms. The van der Waals surface area contributed by atoms with Gasteiger partial charge in [0.15, 0.2) is 9.84 Å². The Bertz CT molecular complexity index is 677. The van der Waals surface area contributed by atoms with E-state index in [0.717, 1.165) is 38.9 Å². The highest BCUT2D eigenvalue weighted by molar-refractivity contribution is 7.91. The maximum atomic E-state index is 12.9. The Morgan fingerprint density at radius 2 is 2.04 bits per heavy atom. The van der Waals surface area contributed by atoms with Crippen molar-refractivity contribution in [2.45, 2.75) is 43.9 Å². The topological polar surface area (TPSA) is 66.5 Å². The summed E-state index contributed by atoms with van der Waals surface area (Å²) in [5.41, 5.74) is 0. The molecule has 0 bridgehead atoms. The largest absolute Gasteiger partial charge is 0.356 e. The summed E-state index contributed by atoms with van der Waals surface area (Å²) in [4.78, 5) is 14.0. The fourth-order valence-electron chi connectivity index (χ4n) is 3.33. The van der Waals surface area contributed by atoms with Gasteiger partial charge in [-0.2, -0.15) is 0 Å². The van der Waals surface area contributed by atoms with Crippen molar-refractivity contribution in [3.05, 3.63) is 30.1 Å². The molecule has 1 N–H and O–H groups in total. The molecule has 1 atom stereocenters. The Labute approximate surface area is 155 Å². The van der Waals surface area contributed by atoms with E-state index in [0.29, 0.717) is 25.3 Å². The number of carbonyl (C=O) groups excluding carboxylic acids is 1. The number of sulfone groups is 1. The van der Waals surface area contributed by atoms with Crippen LogP contribution in [0.3, 0.4) is 0 Å². The van der Waals surface area contributed by atoms with Crippen LogP contribution < -0.4 is 5.32 Å². The highest BCUT2D eigenvalue weighted by Crippen LogP contribution is 2.17. The summed E-state index contributed by atoms with van der Waals surface area (Å²) < 4.78 is 37.5. The van der Waals surface area contributed by atoms with Crippen molar-refractivity contribution in [3.8, 4) is 0 Å². The van der Waals surface area contributed by atoms with E-state index >= 15 is 0 Å². The first-order chi connectivity index (χ1) is 12.4. The second kappa shape index (κ2) is 10.0. The average Bonchev–Trinajstić information content (AvgIpc) is 2.61. The van der Waals surface area contributed by atoms with Crippen molar-refractivity contribution in [1.29, 1.82) is 0 Å². The molecule has 1 saturated heterocycles. The molecule has 26 heavy (non-hydrogen) atoms. The van der Waals surface area contributed by atoms with Crippen LogP contribution in [0.1, 0.15) is 39.0 Å². The predicted octanol–water partition coefficient (Wildman–Crippen LogP) is 2.62. The van der Waals surface area contributed by atoms with E-state index in [4.69, 9.17) is 0 Å². The van der Waals surface area contributed by atoms with Crippen LogP contribution in [0.2, 0.25) is 0 Å². The Balaban J connectivity index is 1.74. The standard InChI is InChI=1S/C19H29FN2O3S/c1-2-5-19(23)21-14-16-6-3-11-22(15-16)12-4-13-26(24,25)18-9-7-17(20)8-10-18/h7-10,16H,2-6,11-15H2,1H3,(H,21,23). The fraction of sp³-hybridized carbons (Fsp3) is 0.632. The molecule has 1 amide bonds. The van der Waals surface area contributed by atoms with Crippen LogP contribution in [0.15, 0.2) is 29.2 Å². The smallest absolute Gasteiger partial charge is 0.219 e. The Morgan fingerprint density at radius 3 is 2.73 bits per heavy atom. The molecule has 1 aromatic carbocycles. The van der Waals surface area contributed by atoms with Gasteiger partial charge in [0.2, 0.25) is 5.91 Å². The van der Waals surface area contributed by atoms with Gasteiger partial charge in [-0.1, -0.05) is 6.92 Å². The summed E-state index contributed by atoms with van der Waals surface area (Å²) in [5.74, 6) is 0.162. The molecule has 0 radical (unpaired) electrons. The first-order valence-corrected chi connectivity index (χ1v) is 11.0. The third-order valence-electron chi connectivity index (χ3n) is 4.73. The van der Waals surface area contributed by atoms with Crippen molar-refractivity contribution >= 4 is 15.7 Å². The van der Waals surface area contributed by atoms with Crippen LogP contribution in [-0.2, 0) is 14.6 Å². The van der Waals surface area contributed by atoms with Gasteiger partial charge >= 0.3 is 0 Å². The van der Waals surface area contributed by atoms with Gasteiger partial charge in [0, 0.05) is 19.5 Å². The van der Waals surface area contributed by atoms with Crippen molar-refractivity contribution < 1.29 is 17.6 Å². The van der Waals surface area contributed by atoms with Gasteiger partial charge < -0.3 is 10.2 Å². The number of benzene rings is 1. The normalized spacial score (nSPS) is 18.6. The number of hydrogen-bond acceptors (Lipinski definition) is 4. The molecule has 5 nitrogen and oxygen atoms in total. The van der Waals surface area contributed by atoms with Crippen LogP contribution in [0.25, 0.3) is 0 Å². The number of likely N-dealkylation sites (tertiary alicyclic amines) is 1. The number of rotatable bonds is 9. The molecular weight excluding hydrogens is 355 g/mol. The highest BCUT2D eigenvalue weighted by Gasteiger charge is 2.21. The zero-order valence-electron chi connectivity index (χ0n) is 15.4. The number of piperidine rings is 1. The summed E-state index contributed by atoms with van der Waals surface area (Å²) >= 11 is 0. The zero-order chi connectivity index (χ0) is 19.0. The van der Waals surface area contributed by atoms with E-state index in [1.807, 2.05) is 6.92 Å². The quantitative estimate of drug-likeness (QED) is 0.665. The van der Waals surface area contributed by atoms with Gasteiger partial charge in [0.05, 0.1) is 10.6 Å². The first kappa shape index (κ1) is 20.8. The minimum atomic E-state index is -3.37. The Kier molecular flexibility index (Phi) is 8.03. The summed E-state index contributed by atoms with van der Waals surface area (Å²) in [6, 6.07) is 4.99. The van der Waals surface area contributed by atoms with Crippen LogP contribution in [0.5, 0.6) is 0 Å². The van der Waals surface area contributed by atoms with Crippen molar-refractivity contribution in [3.63, 3.8) is 0 Å². The third kappa shape index (κ3) is 6.68. The molecule has 1 fully saturated rings. The molecule has 7 heteroatoms. The van der Waals surface area contributed by atoms with Gasteiger partial charge in [-0.3, -0.25) is 4.79 Å². The maximum absolute atomic E-state index is 12.9. The van der Waals surface area contributed by atoms with E-state index < -0.39 is 15.7 Å². The second-order valence-electron chi connectivity index (χ2n) is 6.99. The van der Waals surface area contributed by atoms with Crippen LogP contribution in [0.4, 0.5) is 4.39 Å². The summed E-state index contributed by atoms with van der Waals surface area (Å²) in [6.07, 6.45) is 4.13. The minimum absolute atomic E-state index is 0.0625. The molecule has 1 aliphatic rings. The third-order valence-corrected chi connectivity index (χ3v) is 6.54. The number of amides is 1. The van der Waals surface area contributed by atoms with Gasteiger partial charge in [-0.15, -0.1) is 0 Å². The molecular formula is C19H29FN2O3S. The molecule has 1 aromatic rings. The molecule has 146 valence electrons. The number of nitrogens with zero attached hydrogens (tertiary/aromatic N) is 1. The molecule has 1 aliphatic heterocycles. The number of carbonyl (C=O) groups is 1. The lowest BCUT2D eigenvalue weighted by Crippen LogP contribution is -2.41. The first-order valence-electron chi connectivity index (χ1n) is 9.38. The summed E-state index contributed by atoms with van der Waals surface area (Å²) in [7, 11) is -3.37. The zero-order valence-corrected chi connectivity index (χ0v) is 16.2. The fourth-order valence-corrected chi connectivity index (χ4v) is 4.63. The summed E-state index contributed by atoms with van der Waals surface area (Å²) in [5, 5.41) is 2.99. The Hall–Kier alpha value is -1.47. The lowest BCUT2D eigenvalue weighted by Gasteiger charge is -2.32. The van der Waals surface area contributed by atoms with Crippen LogP contribution >= 0.6 is 0 Å². The monoisotopic (exact) mass is 384 g/mol. The predicted molar refractivity (Wildman–Crippen MR) is 100 cm³/mol. The van der Waals surface area contributed by atoms with Crippen LogP contribution in [0, 0.1) is 11.7 Å². The van der Waals surface area contributed by atoms with Crippen molar-refractivity contribution in [2.24, 2.45) is 5.92 Å². The molecule has 1 unspecified atom stereocenters. The van der Waals surface area contributed by atoms with E-state index in [9.17, 15) is 17.6 Å². The molecule has 2 rings (SSSR count). The minimum Gasteiger partial charge on any atom is -0.356 e. The van der Waals surface area contributed by atoms with E-state index in [1.165, 1.54) is 24.3 Å². The van der Waals surface area contributed by atoms with Gasteiger partial charge in [-0.05, 0) is 69.0 Å². The number of halogens is 1. The highest BCUT2D eigenvalue weighted by atomic mass is 32.2. The summed E-state index contributed by atoms with van der Waals surface area (Å²) in [6.45, 7) is 5.27. The lowest BCUT2D eigenvalue weighted by molar-refractivity contribution is -0.121. The molecule has 0 saturated carbocycles. The molecule has 0 aromatic heterocycles. The van der Waals surface area contributed by atoms with Gasteiger partial charge in [-0.25, -0.2) is 12.8 Å². The molecule has 1 heterocycles. The van der Waals surface area contributed by atoms with E-state index in [1.54, 1.807) is 0 Å². The SMILES string of the molecule is CCCC(=O)NCC1CCCN(CCCS(=O)(=O)c2ccc(F)cc2)C1. The van der Waals surface area contributed by atoms with E-state index in [-0.39, 0.29) is 16.6 Å². The second-order valence-corrected chi connectivity index (χ2v) is 9.10. The van der Waals surface area contributed by atoms with Gasteiger partial charge in [0.25, 0.3) is 0 Å². The molecule has 0 aliphatic carbocycles. The number of hydrogen-bond donors (Lipinski definition) is 1. The van der Waals surface area contributed by atoms with E-state index in [2.05, 4.69) is 10.2 Å². The average molecular weight is 385 g/mol. The maximum Gasteiger partial charge on any atom is 0.219 e. The van der Waals surface area contributed by atoms with Gasteiger partial charge in [0.1, 0.15) is 5.82 Å². The number of nitrogens with one attached hydrogen (secondary N) is 1. The Morgan fingerprint density at radius 1 is 1.31 bits per heavy atom. The van der Waals surface area contributed by atoms with Crippen molar-refractivity contribution in [2.75, 3.05) is 31.9 Å².